The second-order valence-corrected chi connectivity index (χ2v) is 7.99. The number of hydrogen-bond donors (Lipinski definition) is 2. The van der Waals surface area contributed by atoms with E-state index in [2.05, 4.69) is 20.8 Å². The van der Waals surface area contributed by atoms with E-state index in [1.165, 1.54) is 0 Å². The van der Waals surface area contributed by atoms with Gasteiger partial charge in [-0.1, -0.05) is 26.8 Å². The van der Waals surface area contributed by atoms with Crippen LogP contribution in [0.1, 0.15) is 45.7 Å². The van der Waals surface area contributed by atoms with Gasteiger partial charge >= 0.3 is 0 Å². The Morgan fingerprint density at radius 2 is 1.78 bits per heavy atom. The van der Waals surface area contributed by atoms with E-state index in [0.717, 1.165) is 11.1 Å². The molecule has 1 aromatic carbocycles. The van der Waals surface area contributed by atoms with Gasteiger partial charge in [-0.25, -0.2) is 0 Å². The van der Waals surface area contributed by atoms with Gasteiger partial charge in [0.15, 0.2) is 0 Å². The summed E-state index contributed by atoms with van der Waals surface area (Å²) in [6, 6.07) is 5.64. The van der Waals surface area contributed by atoms with Gasteiger partial charge in [0.2, 0.25) is 9.76 Å². The van der Waals surface area contributed by atoms with Crippen molar-refractivity contribution in [3.8, 4) is 0 Å². The minimum Gasteiger partial charge on any atom is -0.408 e. The molecule has 0 heterocycles. The lowest BCUT2D eigenvalue weighted by Crippen LogP contribution is -2.27. The van der Waals surface area contributed by atoms with Crippen LogP contribution in [-0.2, 0) is 16.6 Å². The van der Waals surface area contributed by atoms with Crippen molar-refractivity contribution in [2.75, 3.05) is 5.73 Å². The zero-order valence-corrected chi connectivity index (χ0v) is 12.9. The molecule has 1 rings (SSSR count). The monoisotopic (exact) mass is 265 g/mol. The topological polar surface area (TPSA) is 55.5 Å². The molecule has 3 N–H and O–H groups in total. The van der Waals surface area contributed by atoms with E-state index in [-0.39, 0.29) is 11.6 Å². The highest BCUT2D eigenvalue weighted by Gasteiger charge is 2.25. The van der Waals surface area contributed by atoms with Crippen molar-refractivity contribution in [2.24, 2.45) is 0 Å². The molecule has 0 aliphatic heterocycles. The highest BCUT2D eigenvalue weighted by molar-refractivity contribution is 6.31. The molecule has 0 aromatic heterocycles. The lowest BCUT2D eigenvalue weighted by atomic mass is 9.96. The Morgan fingerprint density at radius 3 is 2.28 bits per heavy atom. The van der Waals surface area contributed by atoms with Gasteiger partial charge in [-0.3, -0.25) is 0 Å². The number of hydrogen-bond acceptors (Lipinski definition) is 3. The summed E-state index contributed by atoms with van der Waals surface area (Å²) in [6.45, 7) is 10.5. The summed E-state index contributed by atoms with van der Waals surface area (Å²) in [5.41, 5.74) is 7.93. The Labute approximate surface area is 112 Å². The van der Waals surface area contributed by atoms with Gasteiger partial charge in [0.1, 0.15) is 0 Å². The molecule has 4 heteroatoms. The first-order valence-corrected chi connectivity index (χ1v) is 7.01. The first-order chi connectivity index (χ1) is 8.14. The van der Waals surface area contributed by atoms with Crippen molar-refractivity contribution in [3.05, 3.63) is 29.3 Å². The van der Waals surface area contributed by atoms with Crippen molar-refractivity contribution in [1.82, 2.24) is 0 Å². The van der Waals surface area contributed by atoms with Crippen LogP contribution in [0.15, 0.2) is 18.2 Å². The molecule has 18 heavy (non-hydrogen) atoms. The van der Waals surface area contributed by atoms with Crippen LogP contribution >= 0.6 is 0 Å². The van der Waals surface area contributed by atoms with Crippen LogP contribution in [0.5, 0.6) is 0 Å². The fraction of sp³-hybridized carbons (Fsp3) is 0.571. The van der Waals surface area contributed by atoms with Crippen LogP contribution in [0.2, 0.25) is 5.04 Å². The van der Waals surface area contributed by atoms with Crippen LogP contribution in [0, 0.1) is 0 Å². The number of anilines is 1. The fourth-order valence-corrected chi connectivity index (χ4v) is 2.18. The highest BCUT2D eigenvalue weighted by Crippen LogP contribution is 2.31. The van der Waals surface area contributed by atoms with Crippen molar-refractivity contribution in [2.45, 2.75) is 51.9 Å². The number of nitrogens with two attached hydrogens (primary N) is 1. The molecule has 2 radical (unpaired) electrons. The number of aliphatic hydroxyl groups is 1. The molecule has 0 fully saturated rings. The molecule has 100 valence electrons. The molecule has 0 amide bonds. The Bertz CT molecular complexity index is 411. The standard InChI is InChI=1S/C14H23NO2Si/c1-13(2,3)18-17-14(4,5)11-6-10(9-16)7-12(15)8-11/h6-8,16H,9,15H2,1-5H3. The maximum atomic E-state index is 9.22. The van der Waals surface area contributed by atoms with Gasteiger partial charge < -0.3 is 15.3 Å². The molecule has 0 saturated carbocycles. The first-order valence-electron chi connectivity index (χ1n) is 6.10. The third-order valence-electron chi connectivity index (χ3n) is 2.51. The molecule has 0 unspecified atom stereocenters. The zero-order chi connectivity index (χ0) is 14.0. The van der Waals surface area contributed by atoms with Crippen LogP contribution in [-0.4, -0.2) is 14.9 Å². The van der Waals surface area contributed by atoms with Gasteiger partial charge in [-0.05, 0) is 42.1 Å². The minimum atomic E-state index is -0.398. The van der Waals surface area contributed by atoms with Crippen molar-refractivity contribution in [1.29, 1.82) is 0 Å². The molecule has 0 aliphatic carbocycles. The average Bonchev–Trinajstić information content (AvgIpc) is 2.25. The summed E-state index contributed by atoms with van der Waals surface area (Å²) in [5.74, 6) is 0. The maximum Gasteiger partial charge on any atom is 0.236 e. The first kappa shape index (κ1) is 15.2. The van der Waals surface area contributed by atoms with Gasteiger partial charge in [0.25, 0.3) is 0 Å². The van der Waals surface area contributed by atoms with Crippen molar-refractivity contribution >= 4 is 15.5 Å². The predicted octanol–water partition coefficient (Wildman–Crippen LogP) is 2.85. The predicted molar refractivity (Wildman–Crippen MR) is 76.4 cm³/mol. The lowest BCUT2D eigenvalue weighted by molar-refractivity contribution is 0.109. The number of benzene rings is 1. The second kappa shape index (κ2) is 5.43. The Balaban J connectivity index is 2.93. The summed E-state index contributed by atoms with van der Waals surface area (Å²) >= 11 is 0. The second-order valence-electron chi connectivity index (χ2n) is 6.09. The molecular formula is C14H23NO2Si. The van der Waals surface area contributed by atoms with E-state index in [1.807, 2.05) is 26.0 Å². The van der Waals surface area contributed by atoms with E-state index < -0.39 is 5.60 Å². The van der Waals surface area contributed by atoms with E-state index in [1.54, 1.807) is 6.07 Å². The quantitative estimate of drug-likeness (QED) is 0.650. The van der Waals surface area contributed by atoms with Crippen molar-refractivity contribution in [3.63, 3.8) is 0 Å². The largest absolute Gasteiger partial charge is 0.408 e. The maximum absolute atomic E-state index is 9.22. The van der Waals surface area contributed by atoms with E-state index in [0.29, 0.717) is 15.5 Å². The van der Waals surface area contributed by atoms with E-state index in [4.69, 9.17) is 10.2 Å². The van der Waals surface area contributed by atoms with Gasteiger partial charge in [0, 0.05) is 5.69 Å². The van der Waals surface area contributed by atoms with Crippen LogP contribution < -0.4 is 5.73 Å². The third kappa shape index (κ3) is 4.44. The molecule has 0 bridgehead atoms. The number of rotatable bonds is 4. The molecular weight excluding hydrogens is 242 g/mol. The summed E-state index contributed by atoms with van der Waals surface area (Å²) in [7, 11) is 0.409. The van der Waals surface area contributed by atoms with Gasteiger partial charge in [0.05, 0.1) is 12.2 Å². The smallest absolute Gasteiger partial charge is 0.236 e. The third-order valence-corrected chi connectivity index (χ3v) is 3.73. The molecule has 0 spiro atoms. The average molecular weight is 265 g/mol. The lowest BCUT2D eigenvalue weighted by Gasteiger charge is -2.30. The Hall–Kier alpha value is -0.843. The summed E-state index contributed by atoms with van der Waals surface area (Å²) < 4.78 is 6.03. The van der Waals surface area contributed by atoms with Gasteiger partial charge in [-0.15, -0.1) is 0 Å². The number of aliphatic hydroxyl groups excluding tert-OH is 1. The summed E-state index contributed by atoms with van der Waals surface area (Å²) in [4.78, 5) is 0. The molecule has 0 saturated heterocycles. The number of nitrogen functional groups attached to an aromatic ring is 1. The molecule has 0 aliphatic rings. The zero-order valence-electron chi connectivity index (χ0n) is 11.9. The Morgan fingerprint density at radius 1 is 1.17 bits per heavy atom. The van der Waals surface area contributed by atoms with Crippen LogP contribution in [0.3, 0.4) is 0 Å². The van der Waals surface area contributed by atoms with E-state index >= 15 is 0 Å². The molecule has 0 atom stereocenters. The summed E-state index contributed by atoms with van der Waals surface area (Å²) in [5, 5.41) is 9.37. The van der Waals surface area contributed by atoms with Gasteiger partial charge in [-0.2, -0.15) is 0 Å². The van der Waals surface area contributed by atoms with E-state index in [9.17, 15) is 5.11 Å². The normalized spacial score (nSPS) is 12.8. The molecule has 3 nitrogen and oxygen atoms in total. The highest BCUT2D eigenvalue weighted by atomic mass is 28.2. The molecule has 1 aromatic rings. The fourth-order valence-electron chi connectivity index (χ4n) is 1.50. The van der Waals surface area contributed by atoms with Crippen molar-refractivity contribution < 1.29 is 9.53 Å². The Kier molecular flexibility index (Phi) is 4.59. The van der Waals surface area contributed by atoms with Crippen LogP contribution in [0.4, 0.5) is 5.69 Å². The SMILES string of the molecule is CC(C)(C)[Si]OC(C)(C)c1cc(N)cc(CO)c1. The van der Waals surface area contributed by atoms with Crippen LogP contribution in [0.25, 0.3) is 0 Å². The minimum absolute atomic E-state index is 0.00429. The summed E-state index contributed by atoms with van der Waals surface area (Å²) in [6.07, 6.45) is 0.